The van der Waals surface area contributed by atoms with Crippen LogP contribution in [0.1, 0.15) is 11.5 Å². The molecule has 7 nitrogen and oxygen atoms in total. The van der Waals surface area contributed by atoms with E-state index in [2.05, 4.69) is 16.7 Å². The number of esters is 1. The molecule has 0 aliphatic carbocycles. The lowest BCUT2D eigenvalue weighted by Gasteiger charge is -2.31. The summed E-state index contributed by atoms with van der Waals surface area (Å²) in [6.07, 6.45) is 0. The maximum Gasteiger partial charge on any atom is 0.319 e. The summed E-state index contributed by atoms with van der Waals surface area (Å²) >= 11 is 19.2. The van der Waals surface area contributed by atoms with Crippen molar-refractivity contribution in [2.45, 2.75) is 5.92 Å². The molecule has 2 amide bonds. The minimum Gasteiger partial charge on any atom is -0.468 e. The average molecular weight is 525 g/mol. The number of nitrogens with one attached hydrogen (secondary N) is 2. The lowest BCUT2D eigenvalue weighted by Crippen LogP contribution is -2.44. The molecule has 0 saturated carbocycles. The van der Waals surface area contributed by atoms with Crippen molar-refractivity contribution in [2.24, 2.45) is 5.92 Å². The number of allylic oxidation sites excluding steroid dienone is 1. The molecule has 0 fully saturated rings. The number of benzene rings is 2. The Hall–Kier alpha value is -2.70. The lowest BCUT2D eigenvalue weighted by molar-refractivity contribution is -0.150. The monoisotopic (exact) mass is 523 g/mol. The highest BCUT2D eigenvalue weighted by atomic mass is 35.5. The Morgan fingerprint density at radius 3 is 2.45 bits per heavy atom. The van der Waals surface area contributed by atoms with Crippen molar-refractivity contribution in [2.75, 3.05) is 18.2 Å². The zero-order valence-corrected chi connectivity index (χ0v) is 20.1. The Morgan fingerprint density at radius 2 is 1.85 bits per heavy atom. The molecule has 2 N–H and O–H groups in total. The molecule has 2 aromatic rings. The summed E-state index contributed by atoms with van der Waals surface area (Å²) in [7, 11) is 1.16. The second-order valence-electron chi connectivity index (χ2n) is 6.84. The number of methoxy groups -OCH3 is 1. The first-order valence-electron chi connectivity index (χ1n) is 9.41. The molecular weight excluding hydrogens is 509 g/mol. The summed E-state index contributed by atoms with van der Waals surface area (Å²) in [6.45, 7) is 0. The molecule has 11 heteroatoms. The number of hydrogen-bond donors (Lipinski definition) is 2. The number of hydrogen-bond acceptors (Lipinski definition) is 6. The van der Waals surface area contributed by atoms with Crippen LogP contribution in [0, 0.1) is 17.2 Å². The first kappa shape index (κ1) is 24.9. The van der Waals surface area contributed by atoms with Gasteiger partial charge in [-0.2, -0.15) is 5.26 Å². The van der Waals surface area contributed by atoms with E-state index < -0.39 is 29.6 Å². The summed E-state index contributed by atoms with van der Waals surface area (Å²) in [5, 5.41) is 16.3. The molecular formula is C22H16Cl3N3O4S. The first-order chi connectivity index (χ1) is 15.7. The Labute approximate surface area is 209 Å². The van der Waals surface area contributed by atoms with Crippen LogP contribution in [0.25, 0.3) is 0 Å². The molecule has 1 aliphatic heterocycles. The third-order valence-corrected chi connectivity index (χ3v) is 6.52. The summed E-state index contributed by atoms with van der Waals surface area (Å²) in [5.41, 5.74) is 0.929. The number of nitrogens with zero attached hydrogens (tertiary/aromatic N) is 1. The molecule has 2 aromatic carbocycles. The van der Waals surface area contributed by atoms with Gasteiger partial charge in [0.2, 0.25) is 11.8 Å². The van der Waals surface area contributed by atoms with Crippen LogP contribution < -0.4 is 10.6 Å². The second-order valence-corrected chi connectivity index (χ2v) is 9.10. The number of ether oxygens (including phenoxy) is 1. The van der Waals surface area contributed by atoms with Gasteiger partial charge < -0.3 is 15.4 Å². The van der Waals surface area contributed by atoms with Crippen LogP contribution in [0.15, 0.2) is 53.1 Å². The number of anilines is 1. The van der Waals surface area contributed by atoms with E-state index in [-0.39, 0.29) is 16.4 Å². The standard InChI is InChI=1S/C22H16Cl3N3O4S/c1-32-22(31)19-18(14-4-2-3-5-16(14)25)15(9-26)21(28-20(19)30)33-10-17(29)27-13-7-11(23)6-12(24)8-13/h2-8,18-19H,10H2,1H3,(H,27,29)(H,28,30)/t18-,19+/m1/s1. The van der Waals surface area contributed by atoms with Gasteiger partial charge in [-0.05, 0) is 29.8 Å². The van der Waals surface area contributed by atoms with Gasteiger partial charge in [-0.25, -0.2) is 0 Å². The fourth-order valence-corrected chi connectivity index (χ4v) is 4.97. The first-order valence-corrected chi connectivity index (χ1v) is 11.5. The SMILES string of the molecule is COC(=O)[C@@H]1C(=O)NC(SCC(=O)Nc2cc(Cl)cc(Cl)c2)=C(C#N)[C@H]1c1ccccc1Cl. The van der Waals surface area contributed by atoms with Crippen molar-refractivity contribution < 1.29 is 19.1 Å². The number of thioether (sulfide) groups is 1. The van der Waals surface area contributed by atoms with Crippen LogP contribution in [-0.2, 0) is 19.1 Å². The molecule has 0 unspecified atom stereocenters. The maximum atomic E-state index is 12.8. The van der Waals surface area contributed by atoms with Crippen molar-refractivity contribution in [3.05, 3.63) is 73.7 Å². The summed E-state index contributed by atoms with van der Waals surface area (Å²) in [6, 6.07) is 13.3. The third-order valence-electron chi connectivity index (χ3n) is 4.72. The number of amides is 2. The van der Waals surface area contributed by atoms with Gasteiger partial charge in [0.1, 0.15) is 5.92 Å². The van der Waals surface area contributed by atoms with E-state index in [1.54, 1.807) is 24.3 Å². The van der Waals surface area contributed by atoms with Crippen molar-refractivity contribution >= 4 is 70.0 Å². The molecule has 0 radical (unpaired) electrons. The number of halogens is 3. The van der Waals surface area contributed by atoms with E-state index >= 15 is 0 Å². The summed E-state index contributed by atoms with van der Waals surface area (Å²) < 4.78 is 4.80. The number of rotatable bonds is 6. The molecule has 0 aromatic heterocycles. The van der Waals surface area contributed by atoms with Gasteiger partial charge in [-0.1, -0.05) is 64.8 Å². The summed E-state index contributed by atoms with van der Waals surface area (Å²) in [5.74, 6) is -4.29. The van der Waals surface area contributed by atoms with E-state index in [0.717, 1.165) is 18.9 Å². The fourth-order valence-electron chi connectivity index (χ4n) is 3.34. The van der Waals surface area contributed by atoms with Crippen molar-refractivity contribution in [3.63, 3.8) is 0 Å². The highest BCUT2D eigenvalue weighted by Crippen LogP contribution is 2.42. The Kier molecular flexibility index (Phi) is 8.27. The van der Waals surface area contributed by atoms with Crippen LogP contribution in [0.3, 0.4) is 0 Å². The largest absolute Gasteiger partial charge is 0.468 e. The maximum absolute atomic E-state index is 12.8. The molecule has 170 valence electrons. The quantitative estimate of drug-likeness (QED) is 0.417. The summed E-state index contributed by atoms with van der Waals surface area (Å²) in [4.78, 5) is 37.7. The zero-order valence-electron chi connectivity index (χ0n) is 17.0. The number of carbonyl (C=O) groups excluding carboxylic acids is 3. The smallest absolute Gasteiger partial charge is 0.319 e. The van der Waals surface area contributed by atoms with Crippen molar-refractivity contribution in [1.29, 1.82) is 5.26 Å². The molecule has 0 saturated heterocycles. The Balaban J connectivity index is 1.90. The second kappa shape index (κ2) is 10.9. The third kappa shape index (κ3) is 5.81. The van der Waals surface area contributed by atoms with E-state index in [9.17, 15) is 19.6 Å². The van der Waals surface area contributed by atoms with E-state index in [0.29, 0.717) is 26.3 Å². The fraction of sp³-hybridized carbons (Fsp3) is 0.182. The van der Waals surface area contributed by atoms with Gasteiger partial charge in [0.05, 0.1) is 29.5 Å². The van der Waals surface area contributed by atoms with Crippen LogP contribution >= 0.6 is 46.6 Å². The van der Waals surface area contributed by atoms with Gasteiger partial charge in [0, 0.05) is 26.7 Å². The van der Waals surface area contributed by atoms with Gasteiger partial charge in [0.15, 0.2) is 0 Å². The Morgan fingerprint density at radius 1 is 1.18 bits per heavy atom. The highest BCUT2D eigenvalue weighted by molar-refractivity contribution is 8.03. The van der Waals surface area contributed by atoms with Crippen LogP contribution in [-0.4, -0.2) is 30.6 Å². The van der Waals surface area contributed by atoms with E-state index in [1.165, 1.54) is 18.2 Å². The van der Waals surface area contributed by atoms with Crippen LogP contribution in [0.4, 0.5) is 5.69 Å². The van der Waals surface area contributed by atoms with Gasteiger partial charge in [0.25, 0.3) is 0 Å². The molecule has 2 atom stereocenters. The molecule has 33 heavy (non-hydrogen) atoms. The minimum absolute atomic E-state index is 0.0988. The lowest BCUT2D eigenvalue weighted by atomic mass is 9.78. The topological polar surface area (TPSA) is 108 Å². The van der Waals surface area contributed by atoms with Crippen LogP contribution in [0.2, 0.25) is 15.1 Å². The number of carbonyl (C=O) groups is 3. The molecule has 0 spiro atoms. The van der Waals surface area contributed by atoms with Gasteiger partial charge >= 0.3 is 5.97 Å². The van der Waals surface area contributed by atoms with Crippen molar-refractivity contribution in [3.8, 4) is 6.07 Å². The average Bonchev–Trinajstić information content (AvgIpc) is 2.76. The van der Waals surface area contributed by atoms with Crippen molar-refractivity contribution in [1.82, 2.24) is 5.32 Å². The minimum atomic E-state index is -1.31. The molecule has 0 bridgehead atoms. The zero-order chi connectivity index (χ0) is 24.1. The van der Waals surface area contributed by atoms with Crippen LogP contribution in [0.5, 0.6) is 0 Å². The van der Waals surface area contributed by atoms with Gasteiger partial charge in [-0.15, -0.1) is 0 Å². The normalized spacial score (nSPS) is 17.7. The molecule has 1 aliphatic rings. The predicted octanol–water partition coefficient (Wildman–Crippen LogP) is 4.76. The molecule has 3 rings (SSSR count). The number of nitriles is 1. The van der Waals surface area contributed by atoms with E-state index in [1.807, 2.05) is 0 Å². The van der Waals surface area contributed by atoms with E-state index in [4.69, 9.17) is 39.5 Å². The highest BCUT2D eigenvalue weighted by Gasteiger charge is 2.45. The molecule has 1 heterocycles. The predicted molar refractivity (Wildman–Crippen MR) is 128 cm³/mol. The Bertz CT molecular complexity index is 1180. The van der Waals surface area contributed by atoms with Gasteiger partial charge in [-0.3, -0.25) is 14.4 Å².